The molecule has 0 spiro atoms. The lowest BCUT2D eigenvalue weighted by atomic mass is 10.2. The van der Waals surface area contributed by atoms with Crippen molar-refractivity contribution in [2.75, 3.05) is 19.0 Å². The number of halogens is 1. The van der Waals surface area contributed by atoms with E-state index in [1.165, 1.54) is 0 Å². The predicted molar refractivity (Wildman–Crippen MR) is 74.5 cm³/mol. The van der Waals surface area contributed by atoms with Gasteiger partial charge in [0, 0.05) is 17.6 Å². The molecule has 0 heterocycles. The molecule has 0 aliphatic heterocycles. The van der Waals surface area contributed by atoms with E-state index in [9.17, 15) is 4.79 Å². The van der Waals surface area contributed by atoms with Crippen LogP contribution < -0.4 is 15.4 Å². The summed E-state index contributed by atoms with van der Waals surface area (Å²) in [5.74, 6) is 0.578. The maximum atomic E-state index is 11.7. The Hall–Kier alpha value is -1.42. The van der Waals surface area contributed by atoms with E-state index in [1.807, 2.05) is 19.9 Å². The molecule has 2 N–H and O–H groups in total. The maximum absolute atomic E-state index is 11.7. The molecule has 5 heteroatoms. The molecular weight excluding hydrogens is 252 g/mol. The standard InChI is InChI=1S/C13H19ClN2O2/c1-5-15-13(17)9(3)16-11-6-8(2)10(14)7-12(11)18-4/h6-7,9,16H,5H2,1-4H3,(H,15,17). The van der Waals surface area contributed by atoms with Gasteiger partial charge in [-0.1, -0.05) is 11.6 Å². The van der Waals surface area contributed by atoms with Crippen LogP contribution in [0.15, 0.2) is 12.1 Å². The molecule has 0 bridgehead atoms. The zero-order valence-electron chi connectivity index (χ0n) is 11.1. The molecule has 1 rings (SSSR count). The van der Waals surface area contributed by atoms with Crippen molar-refractivity contribution < 1.29 is 9.53 Å². The molecular formula is C13H19ClN2O2. The Morgan fingerprint density at radius 3 is 2.72 bits per heavy atom. The Morgan fingerprint density at radius 2 is 2.17 bits per heavy atom. The molecule has 1 unspecified atom stereocenters. The van der Waals surface area contributed by atoms with Crippen molar-refractivity contribution in [1.82, 2.24) is 5.32 Å². The lowest BCUT2D eigenvalue weighted by Gasteiger charge is -2.18. The minimum absolute atomic E-state index is 0.0489. The fourth-order valence-electron chi connectivity index (χ4n) is 1.57. The van der Waals surface area contributed by atoms with Crippen LogP contribution in [0.1, 0.15) is 19.4 Å². The highest BCUT2D eigenvalue weighted by Crippen LogP contribution is 2.31. The summed E-state index contributed by atoms with van der Waals surface area (Å²) in [6, 6.07) is 3.28. The van der Waals surface area contributed by atoms with Gasteiger partial charge in [0.15, 0.2) is 0 Å². The Morgan fingerprint density at radius 1 is 1.50 bits per heavy atom. The van der Waals surface area contributed by atoms with Crippen LogP contribution in [0.2, 0.25) is 5.02 Å². The molecule has 0 saturated carbocycles. The fourth-order valence-corrected chi connectivity index (χ4v) is 1.72. The zero-order valence-corrected chi connectivity index (χ0v) is 11.9. The summed E-state index contributed by atoms with van der Waals surface area (Å²) in [4.78, 5) is 11.7. The van der Waals surface area contributed by atoms with E-state index >= 15 is 0 Å². The van der Waals surface area contributed by atoms with E-state index in [-0.39, 0.29) is 11.9 Å². The number of benzene rings is 1. The molecule has 18 heavy (non-hydrogen) atoms. The molecule has 0 saturated heterocycles. The van der Waals surface area contributed by atoms with Crippen LogP contribution in [0.5, 0.6) is 5.75 Å². The number of hydrogen-bond acceptors (Lipinski definition) is 3. The van der Waals surface area contributed by atoms with Crippen LogP contribution in [-0.2, 0) is 4.79 Å². The lowest BCUT2D eigenvalue weighted by Crippen LogP contribution is -2.37. The van der Waals surface area contributed by atoms with Crippen molar-refractivity contribution in [2.45, 2.75) is 26.8 Å². The second-order valence-corrected chi connectivity index (χ2v) is 4.47. The molecule has 100 valence electrons. The van der Waals surface area contributed by atoms with E-state index in [0.717, 1.165) is 11.3 Å². The molecule has 1 atom stereocenters. The molecule has 1 amide bonds. The summed E-state index contributed by atoms with van der Waals surface area (Å²) in [6.07, 6.45) is 0. The summed E-state index contributed by atoms with van der Waals surface area (Å²) < 4.78 is 5.24. The van der Waals surface area contributed by atoms with Gasteiger partial charge < -0.3 is 15.4 Å². The predicted octanol–water partition coefficient (Wildman–Crippen LogP) is 2.59. The number of ether oxygens (including phenoxy) is 1. The zero-order chi connectivity index (χ0) is 13.7. The van der Waals surface area contributed by atoms with Crippen molar-refractivity contribution in [3.05, 3.63) is 22.7 Å². The molecule has 0 aliphatic carbocycles. The highest BCUT2D eigenvalue weighted by molar-refractivity contribution is 6.31. The normalized spacial score (nSPS) is 11.8. The van der Waals surface area contributed by atoms with E-state index in [4.69, 9.17) is 16.3 Å². The van der Waals surface area contributed by atoms with Crippen LogP contribution in [0.4, 0.5) is 5.69 Å². The molecule has 0 aromatic heterocycles. The van der Waals surface area contributed by atoms with Crippen molar-refractivity contribution >= 4 is 23.2 Å². The SMILES string of the molecule is CCNC(=O)C(C)Nc1cc(C)c(Cl)cc1OC. The summed E-state index contributed by atoms with van der Waals surface area (Å²) in [5, 5.41) is 6.52. The number of likely N-dealkylation sites (N-methyl/N-ethyl adjacent to an activating group) is 1. The summed E-state index contributed by atoms with van der Waals surface area (Å²) >= 11 is 6.03. The quantitative estimate of drug-likeness (QED) is 0.865. The first-order chi connectivity index (χ1) is 8.49. The summed E-state index contributed by atoms with van der Waals surface area (Å²) in [5.41, 5.74) is 1.70. The van der Waals surface area contributed by atoms with Crippen molar-refractivity contribution in [2.24, 2.45) is 0 Å². The third-order valence-electron chi connectivity index (χ3n) is 2.60. The van der Waals surface area contributed by atoms with Gasteiger partial charge in [-0.05, 0) is 32.4 Å². The van der Waals surface area contributed by atoms with E-state index < -0.39 is 0 Å². The second-order valence-electron chi connectivity index (χ2n) is 4.06. The monoisotopic (exact) mass is 270 g/mol. The third-order valence-corrected chi connectivity index (χ3v) is 3.00. The van der Waals surface area contributed by atoms with Gasteiger partial charge in [-0.25, -0.2) is 0 Å². The highest BCUT2D eigenvalue weighted by Gasteiger charge is 2.14. The topological polar surface area (TPSA) is 50.4 Å². The van der Waals surface area contributed by atoms with Crippen LogP contribution >= 0.6 is 11.6 Å². The Bertz CT molecular complexity index is 435. The van der Waals surface area contributed by atoms with Crippen LogP contribution in [0.3, 0.4) is 0 Å². The minimum atomic E-state index is -0.334. The highest BCUT2D eigenvalue weighted by atomic mass is 35.5. The van der Waals surface area contributed by atoms with E-state index in [0.29, 0.717) is 17.3 Å². The van der Waals surface area contributed by atoms with Crippen molar-refractivity contribution in [1.29, 1.82) is 0 Å². The smallest absolute Gasteiger partial charge is 0.242 e. The number of methoxy groups -OCH3 is 1. The number of carbonyl (C=O) groups is 1. The van der Waals surface area contributed by atoms with E-state index in [2.05, 4.69) is 10.6 Å². The maximum Gasteiger partial charge on any atom is 0.242 e. The number of rotatable bonds is 5. The minimum Gasteiger partial charge on any atom is -0.495 e. The first-order valence-corrected chi connectivity index (χ1v) is 6.25. The van der Waals surface area contributed by atoms with Crippen LogP contribution in [0, 0.1) is 6.92 Å². The van der Waals surface area contributed by atoms with Crippen molar-refractivity contribution in [3.63, 3.8) is 0 Å². The molecule has 0 fully saturated rings. The average Bonchev–Trinajstić information content (AvgIpc) is 2.33. The number of hydrogen-bond donors (Lipinski definition) is 2. The number of carbonyl (C=O) groups excluding carboxylic acids is 1. The molecule has 1 aromatic rings. The number of anilines is 1. The number of nitrogens with one attached hydrogen (secondary N) is 2. The fraction of sp³-hybridized carbons (Fsp3) is 0.462. The molecule has 1 aromatic carbocycles. The average molecular weight is 271 g/mol. The second kappa shape index (κ2) is 6.50. The summed E-state index contributed by atoms with van der Waals surface area (Å²) in [7, 11) is 1.57. The first-order valence-electron chi connectivity index (χ1n) is 5.88. The number of amides is 1. The van der Waals surface area contributed by atoms with Gasteiger partial charge in [0.25, 0.3) is 0 Å². The Kier molecular flexibility index (Phi) is 5.28. The van der Waals surface area contributed by atoms with Gasteiger partial charge >= 0.3 is 0 Å². The first kappa shape index (κ1) is 14.6. The van der Waals surface area contributed by atoms with Crippen LogP contribution in [0.25, 0.3) is 0 Å². The van der Waals surface area contributed by atoms with Gasteiger partial charge in [-0.2, -0.15) is 0 Å². The van der Waals surface area contributed by atoms with Gasteiger partial charge in [0.1, 0.15) is 11.8 Å². The largest absolute Gasteiger partial charge is 0.495 e. The molecule has 0 radical (unpaired) electrons. The molecule has 4 nitrogen and oxygen atoms in total. The molecule has 0 aliphatic rings. The van der Waals surface area contributed by atoms with Gasteiger partial charge in [0.05, 0.1) is 12.8 Å². The van der Waals surface area contributed by atoms with E-state index in [1.54, 1.807) is 20.1 Å². The number of aryl methyl sites for hydroxylation is 1. The van der Waals surface area contributed by atoms with Gasteiger partial charge in [0.2, 0.25) is 5.91 Å². The van der Waals surface area contributed by atoms with Gasteiger partial charge in [-0.3, -0.25) is 4.79 Å². The summed E-state index contributed by atoms with van der Waals surface area (Å²) in [6.45, 7) is 6.21. The lowest BCUT2D eigenvalue weighted by molar-refractivity contribution is -0.121. The van der Waals surface area contributed by atoms with Crippen LogP contribution in [-0.4, -0.2) is 25.6 Å². The Labute approximate surface area is 113 Å². The Balaban J connectivity index is 2.89. The van der Waals surface area contributed by atoms with Crippen molar-refractivity contribution in [3.8, 4) is 5.75 Å². The third kappa shape index (κ3) is 3.53. The van der Waals surface area contributed by atoms with Gasteiger partial charge in [-0.15, -0.1) is 0 Å².